The quantitative estimate of drug-likeness (QED) is 0.835. The topological polar surface area (TPSA) is 87.7 Å². The zero-order chi connectivity index (χ0) is 19.4. The van der Waals surface area contributed by atoms with Gasteiger partial charge in [0.25, 0.3) is 0 Å². The molecule has 1 saturated heterocycles. The highest BCUT2D eigenvalue weighted by Crippen LogP contribution is 2.18. The van der Waals surface area contributed by atoms with E-state index in [1.165, 1.54) is 7.11 Å². The number of methoxy groups -OCH3 is 1. The molecular formula is C19H23N5O3. The number of benzene rings is 1. The van der Waals surface area contributed by atoms with E-state index in [0.717, 1.165) is 17.2 Å². The number of aromatic nitrogens is 2. The number of nitrogens with zero attached hydrogens (tertiary/aromatic N) is 4. The van der Waals surface area contributed by atoms with E-state index in [0.29, 0.717) is 37.4 Å². The third-order valence-corrected chi connectivity index (χ3v) is 4.45. The molecule has 0 aliphatic carbocycles. The zero-order valence-electron chi connectivity index (χ0n) is 15.7. The van der Waals surface area contributed by atoms with Crippen LogP contribution in [0.5, 0.6) is 0 Å². The van der Waals surface area contributed by atoms with Gasteiger partial charge in [0.2, 0.25) is 0 Å². The van der Waals surface area contributed by atoms with Crippen LogP contribution >= 0.6 is 0 Å². The van der Waals surface area contributed by atoms with Crippen LogP contribution in [0.25, 0.3) is 0 Å². The number of anilines is 2. The lowest BCUT2D eigenvalue weighted by Crippen LogP contribution is -2.50. The van der Waals surface area contributed by atoms with Gasteiger partial charge in [-0.2, -0.15) is 0 Å². The van der Waals surface area contributed by atoms with Gasteiger partial charge >= 0.3 is 12.0 Å². The Labute approximate surface area is 158 Å². The SMILES string of the molecule is COC(=O)c1cccc(NC(=O)N2CCN(c3nc(C)cnc3C)CC2)c1. The van der Waals surface area contributed by atoms with E-state index in [-0.39, 0.29) is 6.03 Å². The standard InChI is InChI=1S/C19H23N5O3/c1-13-12-20-14(2)17(21-13)23-7-9-24(10-8-23)19(26)22-16-6-4-5-15(11-16)18(25)27-3/h4-6,11-12H,7-10H2,1-3H3,(H,22,26). The molecule has 27 heavy (non-hydrogen) atoms. The molecule has 0 spiro atoms. The zero-order valence-corrected chi connectivity index (χ0v) is 15.7. The van der Waals surface area contributed by atoms with Crippen LogP contribution in [0.3, 0.4) is 0 Å². The molecule has 1 aromatic heterocycles. The number of carbonyl (C=O) groups excluding carboxylic acids is 2. The lowest BCUT2D eigenvalue weighted by molar-refractivity contribution is 0.0600. The average molecular weight is 369 g/mol. The molecule has 1 aliphatic rings. The van der Waals surface area contributed by atoms with Crippen molar-refractivity contribution in [2.75, 3.05) is 43.5 Å². The Hall–Kier alpha value is -3.16. The van der Waals surface area contributed by atoms with E-state index in [4.69, 9.17) is 4.74 Å². The lowest BCUT2D eigenvalue weighted by atomic mass is 10.2. The second kappa shape index (κ2) is 8.03. The van der Waals surface area contributed by atoms with E-state index in [1.807, 2.05) is 13.8 Å². The van der Waals surface area contributed by atoms with Crippen molar-refractivity contribution in [3.8, 4) is 0 Å². The maximum absolute atomic E-state index is 12.5. The highest BCUT2D eigenvalue weighted by atomic mass is 16.5. The highest BCUT2D eigenvalue weighted by molar-refractivity contribution is 5.94. The molecule has 142 valence electrons. The summed E-state index contributed by atoms with van der Waals surface area (Å²) in [5, 5.41) is 2.84. The van der Waals surface area contributed by atoms with Gasteiger partial charge in [-0.3, -0.25) is 4.98 Å². The molecule has 8 heteroatoms. The Morgan fingerprint density at radius 3 is 2.59 bits per heavy atom. The van der Waals surface area contributed by atoms with Crippen LogP contribution in [0, 0.1) is 13.8 Å². The first kappa shape index (κ1) is 18.6. The van der Waals surface area contributed by atoms with E-state index in [9.17, 15) is 9.59 Å². The molecule has 3 rings (SSSR count). The fourth-order valence-electron chi connectivity index (χ4n) is 2.99. The van der Waals surface area contributed by atoms with Gasteiger partial charge in [-0.1, -0.05) is 6.07 Å². The van der Waals surface area contributed by atoms with Crippen molar-refractivity contribution in [3.05, 3.63) is 47.4 Å². The van der Waals surface area contributed by atoms with Gasteiger partial charge in [-0.15, -0.1) is 0 Å². The van der Waals surface area contributed by atoms with Crippen molar-refractivity contribution >= 4 is 23.5 Å². The van der Waals surface area contributed by atoms with Crippen molar-refractivity contribution in [1.29, 1.82) is 0 Å². The van der Waals surface area contributed by atoms with Crippen molar-refractivity contribution in [1.82, 2.24) is 14.9 Å². The fraction of sp³-hybridized carbons (Fsp3) is 0.368. The number of carbonyl (C=O) groups is 2. The first-order chi connectivity index (χ1) is 13.0. The van der Waals surface area contributed by atoms with E-state index in [1.54, 1.807) is 35.4 Å². The summed E-state index contributed by atoms with van der Waals surface area (Å²) in [6.45, 7) is 6.40. The molecule has 1 fully saturated rings. The molecule has 1 aromatic carbocycles. The summed E-state index contributed by atoms with van der Waals surface area (Å²) in [5.74, 6) is 0.440. The minimum atomic E-state index is -0.436. The van der Waals surface area contributed by atoms with Crippen LogP contribution < -0.4 is 10.2 Å². The number of piperazine rings is 1. The third-order valence-electron chi connectivity index (χ3n) is 4.45. The highest BCUT2D eigenvalue weighted by Gasteiger charge is 2.23. The molecule has 8 nitrogen and oxygen atoms in total. The molecule has 0 unspecified atom stereocenters. The summed E-state index contributed by atoms with van der Waals surface area (Å²) in [6.07, 6.45) is 1.75. The van der Waals surface area contributed by atoms with E-state index < -0.39 is 5.97 Å². The molecular weight excluding hydrogens is 346 g/mol. The minimum absolute atomic E-state index is 0.191. The Kier molecular flexibility index (Phi) is 5.54. The third kappa shape index (κ3) is 4.33. The number of rotatable bonds is 3. The summed E-state index contributed by atoms with van der Waals surface area (Å²) in [6, 6.07) is 6.51. The summed E-state index contributed by atoms with van der Waals surface area (Å²) in [5.41, 5.74) is 2.72. The van der Waals surface area contributed by atoms with Crippen molar-refractivity contribution in [2.24, 2.45) is 0 Å². The first-order valence-corrected chi connectivity index (χ1v) is 8.77. The van der Waals surface area contributed by atoms with Crippen molar-refractivity contribution in [2.45, 2.75) is 13.8 Å². The number of amides is 2. The average Bonchev–Trinajstić information content (AvgIpc) is 2.69. The number of urea groups is 1. The van der Waals surface area contributed by atoms with Gasteiger partial charge in [0.1, 0.15) is 5.82 Å². The smallest absolute Gasteiger partial charge is 0.337 e. The number of esters is 1. The second-order valence-electron chi connectivity index (χ2n) is 6.40. The van der Waals surface area contributed by atoms with Crippen LogP contribution in [0.1, 0.15) is 21.7 Å². The van der Waals surface area contributed by atoms with Gasteiger partial charge in [-0.05, 0) is 32.0 Å². The van der Waals surface area contributed by atoms with Gasteiger partial charge in [0, 0.05) is 38.1 Å². The Morgan fingerprint density at radius 2 is 1.89 bits per heavy atom. The number of hydrogen-bond acceptors (Lipinski definition) is 6. The fourth-order valence-corrected chi connectivity index (χ4v) is 2.99. The van der Waals surface area contributed by atoms with Crippen LogP contribution in [-0.4, -0.2) is 60.2 Å². The monoisotopic (exact) mass is 369 g/mol. The molecule has 2 amide bonds. The van der Waals surface area contributed by atoms with Gasteiger partial charge in [0.15, 0.2) is 0 Å². The number of hydrogen-bond donors (Lipinski definition) is 1. The maximum Gasteiger partial charge on any atom is 0.337 e. The van der Waals surface area contributed by atoms with Crippen LogP contribution in [0.4, 0.5) is 16.3 Å². The van der Waals surface area contributed by atoms with Gasteiger partial charge in [-0.25, -0.2) is 14.6 Å². The molecule has 1 N–H and O–H groups in total. The number of nitrogens with one attached hydrogen (secondary N) is 1. The molecule has 2 aromatic rings. The molecule has 0 bridgehead atoms. The summed E-state index contributed by atoms with van der Waals surface area (Å²) in [7, 11) is 1.33. The minimum Gasteiger partial charge on any atom is -0.465 e. The number of ether oxygens (including phenoxy) is 1. The largest absolute Gasteiger partial charge is 0.465 e. The van der Waals surface area contributed by atoms with E-state index in [2.05, 4.69) is 20.2 Å². The predicted octanol–water partition coefficient (Wildman–Crippen LogP) is 2.23. The molecule has 0 radical (unpaired) electrons. The van der Waals surface area contributed by atoms with Crippen LogP contribution in [0.15, 0.2) is 30.5 Å². The summed E-state index contributed by atoms with van der Waals surface area (Å²) in [4.78, 5) is 37.0. The molecule has 0 saturated carbocycles. The van der Waals surface area contributed by atoms with Gasteiger partial charge in [0.05, 0.1) is 24.1 Å². The van der Waals surface area contributed by atoms with Crippen molar-refractivity contribution in [3.63, 3.8) is 0 Å². The second-order valence-corrected chi connectivity index (χ2v) is 6.40. The molecule has 0 atom stereocenters. The lowest BCUT2D eigenvalue weighted by Gasteiger charge is -2.35. The Balaban J connectivity index is 1.60. The van der Waals surface area contributed by atoms with Gasteiger partial charge < -0.3 is 19.9 Å². The summed E-state index contributed by atoms with van der Waals surface area (Å²) >= 11 is 0. The van der Waals surface area contributed by atoms with Crippen LogP contribution in [0.2, 0.25) is 0 Å². The first-order valence-electron chi connectivity index (χ1n) is 8.77. The van der Waals surface area contributed by atoms with E-state index >= 15 is 0 Å². The van der Waals surface area contributed by atoms with Crippen LogP contribution in [-0.2, 0) is 4.74 Å². The Morgan fingerprint density at radius 1 is 1.15 bits per heavy atom. The summed E-state index contributed by atoms with van der Waals surface area (Å²) < 4.78 is 4.71. The normalized spacial score (nSPS) is 14.0. The maximum atomic E-state index is 12.5. The number of aryl methyl sites for hydroxylation is 2. The molecule has 2 heterocycles. The van der Waals surface area contributed by atoms with Crippen molar-refractivity contribution < 1.29 is 14.3 Å². The predicted molar refractivity (Wildman–Crippen MR) is 102 cm³/mol. The Bertz CT molecular complexity index is 847. The molecule has 1 aliphatic heterocycles.